The van der Waals surface area contributed by atoms with Crippen molar-refractivity contribution in [1.29, 1.82) is 0 Å². The molecule has 0 saturated heterocycles. The predicted octanol–water partition coefficient (Wildman–Crippen LogP) is -0.171. The van der Waals surface area contributed by atoms with Crippen molar-refractivity contribution in [3.8, 4) is 0 Å². The van der Waals surface area contributed by atoms with E-state index in [-0.39, 0.29) is 6.54 Å². The predicted molar refractivity (Wildman–Crippen MR) is 77.5 cm³/mol. The van der Waals surface area contributed by atoms with Gasteiger partial charge in [0.15, 0.2) is 6.04 Å². The molecule has 7 nitrogen and oxygen atoms in total. The highest BCUT2D eigenvalue weighted by molar-refractivity contribution is 9.10. The maximum atomic E-state index is 11.8. The van der Waals surface area contributed by atoms with E-state index in [2.05, 4.69) is 31.3 Å². The first-order valence-corrected chi connectivity index (χ1v) is 6.79. The topological polar surface area (TPSA) is 105 Å². The summed E-state index contributed by atoms with van der Waals surface area (Å²) in [6.45, 7) is -0.906. The van der Waals surface area contributed by atoms with E-state index in [1.807, 2.05) is 0 Å². The van der Waals surface area contributed by atoms with E-state index in [0.29, 0.717) is 5.56 Å². The van der Waals surface area contributed by atoms with E-state index in [0.717, 1.165) is 11.6 Å². The van der Waals surface area contributed by atoms with Crippen molar-refractivity contribution < 1.29 is 24.2 Å². The maximum Gasteiger partial charge on any atom is 0.330 e. The van der Waals surface area contributed by atoms with Crippen molar-refractivity contribution in [3.63, 3.8) is 0 Å². The average molecular weight is 359 g/mol. The lowest BCUT2D eigenvalue weighted by Gasteiger charge is -2.14. The summed E-state index contributed by atoms with van der Waals surface area (Å²) in [6, 6.07) is 5.52. The van der Waals surface area contributed by atoms with Gasteiger partial charge in [-0.15, -0.1) is 0 Å². The molecule has 114 valence electrons. The monoisotopic (exact) mass is 358 g/mol. The van der Waals surface area contributed by atoms with Gasteiger partial charge in [-0.25, -0.2) is 4.79 Å². The van der Waals surface area contributed by atoms with Crippen molar-refractivity contribution >= 4 is 33.7 Å². The summed E-state index contributed by atoms with van der Waals surface area (Å²) >= 11 is 3.24. The number of halogens is 1. The van der Waals surface area contributed by atoms with Crippen LogP contribution in [0.3, 0.4) is 0 Å². The molecule has 21 heavy (non-hydrogen) atoms. The van der Waals surface area contributed by atoms with Crippen molar-refractivity contribution in [1.82, 2.24) is 10.6 Å². The number of ether oxygens (including phenoxy) is 1. The number of benzene rings is 1. The zero-order valence-corrected chi connectivity index (χ0v) is 12.8. The Kier molecular flexibility index (Phi) is 6.83. The second kappa shape index (κ2) is 8.38. The van der Waals surface area contributed by atoms with Crippen molar-refractivity contribution in [2.45, 2.75) is 6.04 Å². The summed E-state index contributed by atoms with van der Waals surface area (Å²) in [5.41, 5.74) is 0.392. The molecule has 0 aliphatic rings. The van der Waals surface area contributed by atoms with Gasteiger partial charge in [0.05, 0.1) is 20.3 Å². The second-order valence-electron chi connectivity index (χ2n) is 4.02. The average Bonchev–Trinajstić information content (AvgIpc) is 2.49. The molecule has 8 heteroatoms. The Morgan fingerprint density at radius 1 is 1.38 bits per heavy atom. The SMILES string of the molecule is COC(=O)C(CO)NC(=O)CNC(=O)c1cccc(Br)c1. The highest BCUT2D eigenvalue weighted by Gasteiger charge is 2.20. The molecule has 1 atom stereocenters. The summed E-state index contributed by atoms with van der Waals surface area (Å²) in [5, 5.41) is 13.6. The maximum absolute atomic E-state index is 11.8. The Labute approximate surface area is 129 Å². The van der Waals surface area contributed by atoms with Gasteiger partial charge in [0.1, 0.15) is 0 Å². The first-order valence-electron chi connectivity index (χ1n) is 5.99. The molecule has 0 heterocycles. The van der Waals surface area contributed by atoms with E-state index in [1.54, 1.807) is 24.3 Å². The van der Waals surface area contributed by atoms with Crippen LogP contribution in [0.15, 0.2) is 28.7 Å². The Balaban J connectivity index is 2.49. The van der Waals surface area contributed by atoms with Crippen LogP contribution in [0.4, 0.5) is 0 Å². The molecular formula is C13H15BrN2O5. The quantitative estimate of drug-likeness (QED) is 0.612. The zero-order valence-electron chi connectivity index (χ0n) is 11.3. The summed E-state index contributed by atoms with van der Waals surface area (Å²) < 4.78 is 5.15. The number of aliphatic hydroxyl groups excluding tert-OH is 1. The molecule has 1 unspecified atom stereocenters. The molecular weight excluding hydrogens is 344 g/mol. The lowest BCUT2D eigenvalue weighted by Crippen LogP contribution is -2.47. The number of hydrogen-bond donors (Lipinski definition) is 3. The van der Waals surface area contributed by atoms with Gasteiger partial charge in [-0.3, -0.25) is 9.59 Å². The molecule has 0 fully saturated rings. The van der Waals surface area contributed by atoms with E-state index in [9.17, 15) is 14.4 Å². The van der Waals surface area contributed by atoms with Crippen LogP contribution in [0, 0.1) is 0 Å². The number of esters is 1. The van der Waals surface area contributed by atoms with E-state index < -0.39 is 30.4 Å². The number of carbonyl (C=O) groups excluding carboxylic acids is 3. The van der Waals surface area contributed by atoms with Crippen molar-refractivity contribution in [3.05, 3.63) is 34.3 Å². The first kappa shape index (κ1) is 17.1. The normalized spacial score (nSPS) is 11.4. The number of methoxy groups -OCH3 is 1. The van der Waals surface area contributed by atoms with Crippen molar-refractivity contribution in [2.24, 2.45) is 0 Å². The molecule has 0 saturated carbocycles. The molecule has 3 N–H and O–H groups in total. The third-order valence-electron chi connectivity index (χ3n) is 2.50. The van der Waals surface area contributed by atoms with Crippen LogP contribution in [-0.2, 0) is 14.3 Å². The van der Waals surface area contributed by atoms with Crippen LogP contribution in [0.1, 0.15) is 10.4 Å². The van der Waals surface area contributed by atoms with Crippen LogP contribution < -0.4 is 10.6 Å². The molecule has 0 aromatic heterocycles. The standard InChI is InChI=1S/C13H15BrN2O5/c1-21-13(20)10(7-17)16-11(18)6-15-12(19)8-3-2-4-9(14)5-8/h2-5,10,17H,6-7H2,1H3,(H,15,19)(H,16,18). The van der Waals surface area contributed by atoms with Gasteiger partial charge < -0.3 is 20.5 Å². The van der Waals surface area contributed by atoms with Gasteiger partial charge in [0, 0.05) is 10.0 Å². The summed E-state index contributed by atoms with van der Waals surface area (Å²) in [7, 11) is 1.15. The second-order valence-corrected chi connectivity index (χ2v) is 4.93. The van der Waals surface area contributed by atoms with Gasteiger partial charge in [-0.05, 0) is 18.2 Å². The van der Waals surface area contributed by atoms with Gasteiger partial charge >= 0.3 is 5.97 Å². The van der Waals surface area contributed by atoms with Crippen LogP contribution in [-0.4, -0.2) is 49.2 Å². The molecule has 2 amide bonds. The fourth-order valence-corrected chi connectivity index (χ4v) is 1.86. The third kappa shape index (κ3) is 5.52. The smallest absolute Gasteiger partial charge is 0.330 e. The van der Waals surface area contributed by atoms with Crippen LogP contribution in [0.2, 0.25) is 0 Å². The first-order chi connectivity index (χ1) is 9.97. The lowest BCUT2D eigenvalue weighted by atomic mass is 10.2. The van der Waals surface area contributed by atoms with E-state index in [4.69, 9.17) is 5.11 Å². The highest BCUT2D eigenvalue weighted by atomic mass is 79.9. The number of carbonyl (C=O) groups is 3. The molecule has 0 aliphatic heterocycles. The molecule has 1 rings (SSSR count). The number of aliphatic hydroxyl groups is 1. The summed E-state index contributed by atoms with van der Waals surface area (Å²) in [4.78, 5) is 34.6. The Hall–Kier alpha value is -1.93. The lowest BCUT2D eigenvalue weighted by molar-refractivity contribution is -0.146. The molecule has 1 aromatic carbocycles. The third-order valence-corrected chi connectivity index (χ3v) is 2.99. The van der Waals surface area contributed by atoms with Gasteiger partial charge in [0.2, 0.25) is 5.91 Å². The Morgan fingerprint density at radius 3 is 2.67 bits per heavy atom. The summed E-state index contributed by atoms with van der Waals surface area (Å²) in [6.07, 6.45) is 0. The van der Waals surface area contributed by atoms with Crippen LogP contribution in [0.25, 0.3) is 0 Å². The number of nitrogens with one attached hydrogen (secondary N) is 2. The molecule has 1 aromatic rings. The van der Waals surface area contributed by atoms with Crippen molar-refractivity contribution in [2.75, 3.05) is 20.3 Å². The minimum absolute atomic E-state index is 0.321. The highest BCUT2D eigenvalue weighted by Crippen LogP contribution is 2.11. The largest absolute Gasteiger partial charge is 0.467 e. The minimum atomic E-state index is -1.15. The molecule has 0 radical (unpaired) electrons. The van der Waals surface area contributed by atoms with Gasteiger partial charge in [-0.2, -0.15) is 0 Å². The molecule has 0 aliphatic carbocycles. The van der Waals surface area contributed by atoms with Gasteiger partial charge in [0.25, 0.3) is 5.91 Å². The fraction of sp³-hybridized carbons (Fsp3) is 0.308. The number of amides is 2. The Morgan fingerprint density at radius 2 is 2.10 bits per heavy atom. The molecule has 0 spiro atoms. The van der Waals surface area contributed by atoms with Crippen LogP contribution in [0.5, 0.6) is 0 Å². The number of hydrogen-bond acceptors (Lipinski definition) is 5. The van der Waals surface area contributed by atoms with E-state index >= 15 is 0 Å². The zero-order chi connectivity index (χ0) is 15.8. The summed E-state index contributed by atoms with van der Waals surface area (Å²) in [5.74, 6) is -1.79. The van der Waals surface area contributed by atoms with Gasteiger partial charge in [-0.1, -0.05) is 22.0 Å². The Bertz CT molecular complexity index is 535. The minimum Gasteiger partial charge on any atom is -0.467 e. The van der Waals surface area contributed by atoms with E-state index in [1.165, 1.54) is 0 Å². The van der Waals surface area contributed by atoms with Crippen LogP contribution >= 0.6 is 15.9 Å². The number of rotatable bonds is 6. The fourth-order valence-electron chi connectivity index (χ4n) is 1.46. The molecule has 0 bridgehead atoms.